The summed E-state index contributed by atoms with van der Waals surface area (Å²) in [4.78, 5) is 4.55. The van der Waals surface area contributed by atoms with Gasteiger partial charge in [0.25, 0.3) is 0 Å². The van der Waals surface area contributed by atoms with Crippen LogP contribution in [-0.2, 0) is 0 Å². The van der Waals surface area contributed by atoms with Crippen LogP contribution in [-0.4, -0.2) is 21.3 Å². The van der Waals surface area contributed by atoms with E-state index in [9.17, 15) is 0 Å². The summed E-state index contributed by atoms with van der Waals surface area (Å²) < 4.78 is 2.04. The van der Waals surface area contributed by atoms with E-state index in [-0.39, 0.29) is 0 Å². The van der Waals surface area contributed by atoms with Gasteiger partial charge >= 0.3 is 0 Å². The SMILES string of the molecule is CC(C)c1nc2n(n1)C(c1ccsc1)CCN2. The van der Waals surface area contributed by atoms with Crippen molar-refractivity contribution in [3.8, 4) is 0 Å². The minimum atomic E-state index is 0.345. The van der Waals surface area contributed by atoms with Gasteiger partial charge in [-0.25, -0.2) is 4.68 Å². The van der Waals surface area contributed by atoms with Crippen molar-refractivity contribution < 1.29 is 0 Å². The summed E-state index contributed by atoms with van der Waals surface area (Å²) in [7, 11) is 0. The molecule has 0 bridgehead atoms. The molecule has 1 aliphatic rings. The minimum absolute atomic E-state index is 0.345. The fourth-order valence-corrected chi connectivity index (χ4v) is 2.84. The highest BCUT2D eigenvalue weighted by molar-refractivity contribution is 7.07. The highest BCUT2D eigenvalue weighted by Gasteiger charge is 2.25. The molecule has 0 aliphatic carbocycles. The number of hydrogen-bond acceptors (Lipinski definition) is 4. The zero-order valence-corrected chi connectivity index (χ0v) is 10.9. The average molecular weight is 248 g/mol. The lowest BCUT2D eigenvalue weighted by Crippen LogP contribution is -2.24. The molecule has 3 rings (SSSR count). The van der Waals surface area contributed by atoms with E-state index in [1.54, 1.807) is 11.3 Å². The van der Waals surface area contributed by atoms with Crippen LogP contribution in [0.5, 0.6) is 0 Å². The van der Waals surface area contributed by atoms with Crippen molar-refractivity contribution in [1.29, 1.82) is 0 Å². The number of hydrogen-bond donors (Lipinski definition) is 1. The molecule has 0 amide bonds. The smallest absolute Gasteiger partial charge is 0.221 e. The molecule has 90 valence electrons. The first-order valence-corrected chi connectivity index (χ1v) is 6.92. The van der Waals surface area contributed by atoms with E-state index in [4.69, 9.17) is 0 Å². The average Bonchev–Trinajstić information content (AvgIpc) is 2.97. The Labute approximate surface area is 105 Å². The largest absolute Gasteiger partial charge is 0.354 e. The van der Waals surface area contributed by atoms with Gasteiger partial charge in [0.15, 0.2) is 5.82 Å². The summed E-state index contributed by atoms with van der Waals surface area (Å²) >= 11 is 1.74. The van der Waals surface area contributed by atoms with Crippen molar-refractivity contribution >= 4 is 17.3 Å². The topological polar surface area (TPSA) is 42.7 Å². The van der Waals surface area contributed by atoms with Gasteiger partial charge in [-0.05, 0) is 28.8 Å². The number of fused-ring (bicyclic) bond motifs is 1. The van der Waals surface area contributed by atoms with Crippen molar-refractivity contribution in [1.82, 2.24) is 14.8 Å². The summed E-state index contributed by atoms with van der Waals surface area (Å²) in [5.41, 5.74) is 1.35. The molecule has 1 unspecified atom stereocenters. The Bertz CT molecular complexity index is 501. The molecule has 0 saturated carbocycles. The zero-order valence-electron chi connectivity index (χ0n) is 10.1. The maximum Gasteiger partial charge on any atom is 0.221 e. The Hall–Kier alpha value is -1.36. The van der Waals surface area contributed by atoms with Crippen molar-refractivity contribution in [3.05, 3.63) is 28.2 Å². The Morgan fingerprint density at radius 1 is 1.53 bits per heavy atom. The van der Waals surface area contributed by atoms with Gasteiger partial charge in [0.2, 0.25) is 5.95 Å². The number of thiophene rings is 1. The molecule has 1 atom stereocenters. The second-order valence-corrected chi connectivity index (χ2v) is 5.46. The van der Waals surface area contributed by atoms with E-state index in [0.717, 1.165) is 24.7 Å². The molecule has 2 aromatic heterocycles. The first-order valence-electron chi connectivity index (χ1n) is 5.98. The highest BCUT2D eigenvalue weighted by atomic mass is 32.1. The van der Waals surface area contributed by atoms with Crippen LogP contribution in [0.2, 0.25) is 0 Å². The molecule has 0 saturated heterocycles. The third kappa shape index (κ3) is 1.84. The van der Waals surface area contributed by atoms with E-state index in [1.165, 1.54) is 5.56 Å². The highest BCUT2D eigenvalue weighted by Crippen LogP contribution is 2.30. The summed E-state index contributed by atoms with van der Waals surface area (Å²) in [6.07, 6.45) is 1.07. The van der Waals surface area contributed by atoms with Crippen LogP contribution in [0.3, 0.4) is 0 Å². The Kier molecular flexibility index (Phi) is 2.63. The van der Waals surface area contributed by atoms with Gasteiger partial charge in [0.1, 0.15) is 0 Å². The van der Waals surface area contributed by atoms with Crippen LogP contribution < -0.4 is 5.32 Å². The number of rotatable bonds is 2. The third-order valence-corrected chi connectivity index (χ3v) is 3.79. The molecule has 4 nitrogen and oxygen atoms in total. The summed E-state index contributed by atoms with van der Waals surface area (Å²) in [5, 5.41) is 12.3. The van der Waals surface area contributed by atoms with Gasteiger partial charge in [-0.3, -0.25) is 0 Å². The second kappa shape index (κ2) is 4.14. The van der Waals surface area contributed by atoms with Gasteiger partial charge in [0.05, 0.1) is 6.04 Å². The fourth-order valence-electron chi connectivity index (χ4n) is 2.14. The van der Waals surface area contributed by atoms with Crippen LogP contribution in [0.25, 0.3) is 0 Å². The van der Waals surface area contributed by atoms with Crippen molar-refractivity contribution in [2.45, 2.75) is 32.2 Å². The molecule has 1 aliphatic heterocycles. The van der Waals surface area contributed by atoms with Crippen molar-refractivity contribution in [2.75, 3.05) is 11.9 Å². The van der Waals surface area contributed by atoms with E-state index in [0.29, 0.717) is 12.0 Å². The molecular weight excluding hydrogens is 232 g/mol. The number of nitrogens with one attached hydrogen (secondary N) is 1. The van der Waals surface area contributed by atoms with Crippen LogP contribution >= 0.6 is 11.3 Å². The molecule has 1 N–H and O–H groups in total. The Morgan fingerprint density at radius 2 is 2.41 bits per heavy atom. The van der Waals surface area contributed by atoms with E-state index >= 15 is 0 Å². The predicted molar refractivity (Wildman–Crippen MR) is 69.7 cm³/mol. The van der Waals surface area contributed by atoms with Gasteiger partial charge in [-0.2, -0.15) is 21.4 Å². The van der Waals surface area contributed by atoms with Crippen molar-refractivity contribution in [3.63, 3.8) is 0 Å². The van der Waals surface area contributed by atoms with E-state index in [1.807, 2.05) is 4.68 Å². The predicted octanol–water partition coefficient (Wildman–Crippen LogP) is 2.87. The van der Waals surface area contributed by atoms with Gasteiger partial charge < -0.3 is 5.32 Å². The minimum Gasteiger partial charge on any atom is -0.354 e. The number of aromatic nitrogens is 3. The Balaban J connectivity index is 2.02. The van der Waals surface area contributed by atoms with Crippen LogP contribution in [0.4, 0.5) is 5.95 Å². The lowest BCUT2D eigenvalue weighted by atomic mass is 10.1. The monoisotopic (exact) mass is 248 g/mol. The van der Waals surface area contributed by atoms with Crippen LogP contribution in [0, 0.1) is 0 Å². The van der Waals surface area contributed by atoms with Crippen LogP contribution in [0.1, 0.15) is 43.6 Å². The standard InChI is InChI=1S/C12H16N4S/c1-8(2)11-14-12-13-5-3-10(16(12)15-11)9-4-6-17-7-9/h4,6-8,10H,3,5H2,1-2H3,(H,13,14,15). The maximum atomic E-state index is 4.64. The molecule has 2 aromatic rings. The quantitative estimate of drug-likeness (QED) is 0.888. The van der Waals surface area contributed by atoms with Gasteiger partial charge in [-0.1, -0.05) is 13.8 Å². The lowest BCUT2D eigenvalue weighted by Gasteiger charge is -2.23. The number of nitrogens with zero attached hydrogens (tertiary/aromatic N) is 3. The van der Waals surface area contributed by atoms with Gasteiger partial charge in [-0.15, -0.1) is 0 Å². The molecule has 0 fully saturated rings. The summed E-state index contributed by atoms with van der Waals surface area (Å²) in [6.45, 7) is 5.22. The van der Waals surface area contributed by atoms with E-state index in [2.05, 4.69) is 46.1 Å². The van der Waals surface area contributed by atoms with Crippen LogP contribution in [0.15, 0.2) is 16.8 Å². The third-order valence-electron chi connectivity index (χ3n) is 3.09. The molecular formula is C12H16N4S. The maximum absolute atomic E-state index is 4.64. The summed E-state index contributed by atoms with van der Waals surface area (Å²) in [5.74, 6) is 2.21. The first-order chi connectivity index (χ1) is 8.25. The van der Waals surface area contributed by atoms with Gasteiger partial charge in [0, 0.05) is 12.5 Å². The number of anilines is 1. The normalized spacial score (nSPS) is 19.1. The van der Waals surface area contributed by atoms with E-state index < -0.39 is 0 Å². The molecule has 0 spiro atoms. The molecule has 3 heterocycles. The molecule has 0 aromatic carbocycles. The van der Waals surface area contributed by atoms with Crippen molar-refractivity contribution in [2.24, 2.45) is 0 Å². The molecule has 5 heteroatoms. The molecule has 17 heavy (non-hydrogen) atoms. The fraction of sp³-hybridized carbons (Fsp3) is 0.500. The Morgan fingerprint density at radius 3 is 3.12 bits per heavy atom. The lowest BCUT2D eigenvalue weighted by molar-refractivity contribution is 0.476. The first kappa shape index (κ1) is 10.8. The summed E-state index contributed by atoms with van der Waals surface area (Å²) in [6, 6.07) is 2.53. The second-order valence-electron chi connectivity index (χ2n) is 4.68. The molecule has 0 radical (unpaired) electrons. The zero-order chi connectivity index (χ0) is 11.8.